The van der Waals surface area contributed by atoms with Crippen LogP contribution in [0.4, 0.5) is 11.4 Å². The Bertz CT molecular complexity index is 467. The molecule has 0 saturated heterocycles. The molecule has 0 aromatic heterocycles. The Morgan fingerprint density at radius 1 is 1.37 bits per heavy atom. The summed E-state index contributed by atoms with van der Waals surface area (Å²) < 4.78 is 0. The predicted octanol–water partition coefficient (Wildman–Crippen LogP) is 3.55. The first-order chi connectivity index (χ1) is 9.11. The van der Waals surface area contributed by atoms with Gasteiger partial charge in [0, 0.05) is 12.6 Å². The average molecular weight is 257 g/mol. The third-order valence-corrected chi connectivity index (χ3v) is 3.80. The number of anilines is 2. The monoisotopic (exact) mass is 257 g/mol. The molecule has 1 fully saturated rings. The summed E-state index contributed by atoms with van der Waals surface area (Å²) in [6.45, 7) is 5.46. The van der Waals surface area contributed by atoms with Gasteiger partial charge in [-0.2, -0.15) is 5.26 Å². The predicted molar refractivity (Wildman–Crippen MR) is 80.0 cm³/mol. The fourth-order valence-electron chi connectivity index (χ4n) is 2.92. The lowest BCUT2D eigenvalue weighted by Crippen LogP contribution is -2.36. The third-order valence-electron chi connectivity index (χ3n) is 3.80. The zero-order valence-electron chi connectivity index (χ0n) is 11.9. The number of nitrogen functional groups attached to an aromatic ring is 1. The van der Waals surface area contributed by atoms with Crippen molar-refractivity contribution >= 4 is 11.4 Å². The van der Waals surface area contributed by atoms with Crippen LogP contribution in [-0.2, 0) is 0 Å². The molecule has 0 aliphatic heterocycles. The molecular weight excluding hydrogens is 234 g/mol. The van der Waals surface area contributed by atoms with Crippen LogP contribution in [0.5, 0.6) is 0 Å². The quantitative estimate of drug-likeness (QED) is 0.839. The lowest BCUT2D eigenvalue weighted by atomic mass is 10.1. The van der Waals surface area contributed by atoms with Crippen LogP contribution in [0.25, 0.3) is 0 Å². The summed E-state index contributed by atoms with van der Waals surface area (Å²) in [7, 11) is 0. The summed E-state index contributed by atoms with van der Waals surface area (Å²) in [6, 6.07) is 8.38. The van der Waals surface area contributed by atoms with Gasteiger partial charge in [0.1, 0.15) is 0 Å². The molecular formula is C16H23N3. The molecule has 3 heteroatoms. The Morgan fingerprint density at radius 3 is 2.63 bits per heavy atom. The molecule has 1 aliphatic carbocycles. The second-order valence-corrected chi connectivity index (χ2v) is 5.87. The van der Waals surface area contributed by atoms with E-state index in [1.165, 1.54) is 25.7 Å². The van der Waals surface area contributed by atoms with E-state index in [1.54, 1.807) is 6.07 Å². The van der Waals surface area contributed by atoms with Crippen molar-refractivity contribution in [2.24, 2.45) is 5.92 Å². The number of nitriles is 1. The fraction of sp³-hybridized carbons (Fsp3) is 0.562. The normalized spacial score (nSPS) is 15.7. The Hall–Kier alpha value is -1.69. The van der Waals surface area contributed by atoms with Gasteiger partial charge in [-0.3, -0.25) is 0 Å². The van der Waals surface area contributed by atoms with Gasteiger partial charge < -0.3 is 10.6 Å². The van der Waals surface area contributed by atoms with E-state index < -0.39 is 0 Å². The molecule has 0 bridgehead atoms. The van der Waals surface area contributed by atoms with E-state index in [1.807, 2.05) is 12.1 Å². The van der Waals surface area contributed by atoms with Gasteiger partial charge in [-0.05, 0) is 37.0 Å². The van der Waals surface area contributed by atoms with Crippen molar-refractivity contribution in [3.05, 3.63) is 23.8 Å². The van der Waals surface area contributed by atoms with E-state index in [-0.39, 0.29) is 0 Å². The van der Waals surface area contributed by atoms with Crippen LogP contribution in [0, 0.1) is 17.2 Å². The van der Waals surface area contributed by atoms with Gasteiger partial charge >= 0.3 is 0 Å². The minimum atomic E-state index is 0.582. The van der Waals surface area contributed by atoms with Crippen molar-refractivity contribution < 1.29 is 0 Å². The van der Waals surface area contributed by atoms with Gasteiger partial charge in [0.15, 0.2) is 0 Å². The highest BCUT2D eigenvalue weighted by Gasteiger charge is 2.24. The van der Waals surface area contributed by atoms with E-state index in [0.29, 0.717) is 17.5 Å². The topological polar surface area (TPSA) is 53.0 Å². The minimum Gasteiger partial charge on any atom is -0.397 e. The third kappa shape index (κ3) is 3.20. The molecule has 3 nitrogen and oxygen atoms in total. The molecule has 0 spiro atoms. The van der Waals surface area contributed by atoms with E-state index in [0.717, 1.165) is 17.9 Å². The molecule has 0 radical (unpaired) electrons. The van der Waals surface area contributed by atoms with Gasteiger partial charge in [0.05, 0.1) is 23.0 Å². The zero-order chi connectivity index (χ0) is 13.8. The molecule has 1 aromatic rings. The summed E-state index contributed by atoms with van der Waals surface area (Å²) >= 11 is 0. The maximum atomic E-state index is 9.07. The number of benzene rings is 1. The minimum absolute atomic E-state index is 0.582. The SMILES string of the molecule is CC(C)CN(c1cc(C#N)ccc1N)C1CCCC1. The number of nitrogens with two attached hydrogens (primary N) is 1. The Labute approximate surface area is 116 Å². The zero-order valence-corrected chi connectivity index (χ0v) is 11.9. The van der Waals surface area contributed by atoms with E-state index >= 15 is 0 Å². The van der Waals surface area contributed by atoms with Crippen molar-refractivity contribution in [1.82, 2.24) is 0 Å². The lowest BCUT2D eigenvalue weighted by Gasteiger charge is -2.33. The van der Waals surface area contributed by atoms with Crippen LogP contribution in [-0.4, -0.2) is 12.6 Å². The molecule has 1 aliphatic rings. The summed E-state index contributed by atoms with van der Waals surface area (Å²) in [6.07, 6.45) is 5.08. The first-order valence-corrected chi connectivity index (χ1v) is 7.18. The van der Waals surface area contributed by atoms with Gasteiger partial charge in [-0.15, -0.1) is 0 Å². The molecule has 2 rings (SSSR count). The van der Waals surface area contributed by atoms with Crippen LogP contribution >= 0.6 is 0 Å². The maximum Gasteiger partial charge on any atom is 0.0992 e. The van der Waals surface area contributed by atoms with Gasteiger partial charge in [0.2, 0.25) is 0 Å². The standard InChI is InChI=1S/C16H23N3/c1-12(2)11-19(14-5-3-4-6-14)16-9-13(10-17)7-8-15(16)18/h7-9,12,14H,3-6,11,18H2,1-2H3. The van der Waals surface area contributed by atoms with Crippen LogP contribution in [0.3, 0.4) is 0 Å². The maximum absolute atomic E-state index is 9.07. The Morgan fingerprint density at radius 2 is 2.05 bits per heavy atom. The van der Waals surface area contributed by atoms with Crippen LogP contribution in [0.15, 0.2) is 18.2 Å². The van der Waals surface area contributed by atoms with Crippen molar-refractivity contribution in [2.75, 3.05) is 17.2 Å². The second kappa shape index (κ2) is 5.97. The highest BCUT2D eigenvalue weighted by molar-refractivity contribution is 5.70. The van der Waals surface area contributed by atoms with E-state index in [9.17, 15) is 0 Å². The summed E-state index contributed by atoms with van der Waals surface area (Å²) in [4.78, 5) is 2.42. The summed E-state index contributed by atoms with van der Waals surface area (Å²) in [5, 5.41) is 9.07. The second-order valence-electron chi connectivity index (χ2n) is 5.87. The molecule has 0 heterocycles. The fourth-order valence-corrected chi connectivity index (χ4v) is 2.92. The molecule has 19 heavy (non-hydrogen) atoms. The van der Waals surface area contributed by atoms with Gasteiger partial charge in [-0.25, -0.2) is 0 Å². The number of hydrogen-bond donors (Lipinski definition) is 1. The molecule has 0 unspecified atom stereocenters. The highest BCUT2D eigenvalue weighted by atomic mass is 15.2. The molecule has 1 aromatic carbocycles. The van der Waals surface area contributed by atoms with Crippen molar-refractivity contribution in [1.29, 1.82) is 5.26 Å². The molecule has 2 N–H and O–H groups in total. The molecule has 0 atom stereocenters. The number of nitrogens with zero attached hydrogens (tertiary/aromatic N) is 2. The number of rotatable bonds is 4. The van der Waals surface area contributed by atoms with Crippen LogP contribution in [0.2, 0.25) is 0 Å². The Balaban J connectivity index is 2.33. The summed E-state index contributed by atoms with van der Waals surface area (Å²) in [5.41, 5.74) is 8.65. The lowest BCUT2D eigenvalue weighted by molar-refractivity contribution is 0.536. The molecule has 102 valence electrons. The molecule has 0 amide bonds. The van der Waals surface area contributed by atoms with Crippen LogP contribution in [0.1, 0.15) is 45.1 Å². The van der Waals surface area contributed by atoms with Crippen molar-refractivity contribution in [2.45, 2.75) is 45.6 Å². The largest absolute Gasteiger partial charge is 0.397 e. The van der Waals surface area contributed by atoms with E-state index in [4.69, 9.17) is 11.0 Å². The van der Waals surface area contributed by atoms with Gasteiger partial charge in [-0.1, -0.05) is 26.7 Å². The van der Waals surface area contributed by atoms with Crippen LogP contribution < -0.4 is 10.6 Å². The summed E-state index contributed by atoms with van der Waals surface area (Å²) in [5.74, 6) is 0.589. The Kier molecular flexibility index (Phi) is 4.31. The number of hydrogen-bond acceptors (Lipinski definition) is 3. The molecule has 1 saturated carbocycles. The van der Waals surface area contributed by atoms with E-state index in [2.05, 4.69) is 24.8 Å². The first kappa shape index (κ1) is 13.7. The van der Waals surface area contributed by atoms with Crippen molar-refractivity contribution in [3.63, 3.8) is 0 Å². The van der Waals surface area contributed by atoms with Crippen molar-refractivity contribution in [3.8, 4) is 6.07 Å². The average Bonchev–Trinajstić information content (AvgIpc) is 2.90. The van der Waals surface area contributed by atoms with Gasteiger partial charge in [0.25, 0.3) is 0 Å². The highest BCUT2D eigenvalue weighted by Crippen LogP contribution is 2.33. The smallest absolute Gasteiger partial charge is 0.0992 e. The first-order valence-electron chi connectivity index (χ1n) is 7.18.